The van der Waals surface area contributed by atoms with Gasteiger partial charge in [0.25, 0.3) is 0 Å². The number of nitrogens with zero attached hydrogens (tertiary/aromatic N) is 2. The van der Waals surface area contributed by atoms with Gasteiger partial charge in [-0.05, 0) is 37.3 Å². The number of anilines is 1. The quantitative estimate of drug-likeness (QED) is 0.835. The van der Waals surface area contributed by atoms with Crippen molar-refractivity contribution in [2.75, 3.05) is 24.5 Å². The van der Waals surface area contributed by atoms with E-state index in [0.29, 0.717) is 38.2 Å². The third-order valence-electron chi connectivity index (χ3n) is 5.08. The van der Waals surface area contributed by atoms with Gasteiger partial charge in [-0.25, -0.2) is 4.39 Å². The van der Waals surface area contributed by atoms with Gasteiger partial charge in [0.15, 0.2) is 0 Å². The molecule has 2 aliphatic rings. The molecule has 4 nitrogen and oxygen atoms in total. The minimum absolute atomic E-state index is 0.0118. The van der Waals surface area contributed by atoms with Crippen LogP contribution in [0.3, 0.4) is 0 Å². The molecule has 3 rings (SSSR count). The zero-order chi connectivity index (χ0) is 17.3. The molecule has 0 bridgehead atoms. The highest BCUT2D eigenvalue weighted by Gasteiger charge is 2.34. The smallest absolute Gasteiger partial charge is 0.230 e. The highest BCUT2D eigenvalue weighted by molar-refractivity contribution is 5.96. The lowest BCUT2D eigenvalue weighted by molar-refractivity contribution is -0.137. The Hall–Kier alpha value is -1.91. The van der Waals surface area contributed by atoms with Crippen LogP contribution in [0.25, 0.3) is 0 Å². The van der Waals surface area contributed by atoms with E-state index < -0.39 is 0 Å². The topological polar surface area (TPSA) is 40.6 Å². The van der Waals surface area contributed by atoms with Gasteiger partial charge in [0, 0.05) is 31.5 Å². The summed E-state index contributed by atoms with van der Waals surface area (Å²) in [7, 11) is 0. The average molecular weight is 332 g/mol. The molecular formula is C19H25FN2O2. The number of rotatable bonds is 2. The SMILES string of the molecule is CC(C)C(=O)N1CCC(C(=O)N2CCCc3cccc(F)c32)CC1. The van der Waals surface area contributed by atoms with Gasteiger partial charge in [-0.1, -0.05) is 26.0 Å². The molecule has 1 aromatic rings. The van der Waals surface area contributed by atoms with Crippen molar-refractivity contribution in [3.05, 3.63) is 29.6 Å². The normalized spacial score (nSPS) is 18.7. The van der Waals surface area contributed by atoms with Gasteiger partial charge in [-0.15, -0.1) is 0 Å². The predicted octanol–water partition coefficient (Wildman–Crippen LogP) is 3.00. The van der Waals surface area contributed by atoms with Crippen LogP contribution in [0.2, 0.25) is 0 Å². The van der Waals surface area contributed by atoms with Crippen molar-refractivity contribution in [2.45, 2.75) is 39.5 Å². The van der Waals surface area contributed by atoms with Gasteiger partial charge in [-0.3, -0.25) is 9.59 Å². The zero-order valence-corrected chi connectivity index (χ0v) is 14.4. The lowest BCUT2D eigenvalue weighted by Gasteiger charge is -2.37. The first-order valence-corrected chi connectivity index (χ1v) is 8.86. The maximum atomic E-state index is 14.3. The third kappa shape index (κ3) is 3.17. The zero-order valence-electron chi connectivity index (χ0n) is 14.4. The van der Waals surface area contributed by atoms with E-state index in [4.69, 9.17) is 0 Å². The van der Waals surface area contributed by atoms with E-state index in [1.807, 2.05) is 24.8 Å². The van der Waals surface area contributed by atoms with E-state index in [1.165, 1.54) is 6.07 Å². The molecule has 0 aromatic heterocycles. The Kier molecular flexibility index (Phi) is 4.88. The summed E-state index contributed by atoms with van der Waals surface area (Å²) in [5.41, 5.74) is 1.39. The molecule has 0 spiro atoms. The van der Waals surface area contributed by atoms with E-state index in [1.54, 1.807) is 11.0 Å². The molecule has 24 heavy (non-hydrogen) atoms. The van der Waals surface area contributed by atoms with Crippen molar-refractivity contribution in [1.82, 2.24) is 4.90 Å². The van der Waals surface area contributed by atoms with Crippen molar-refractivity contribution < 1.29 is 14.0 Å². The molecule has 0 radical (unpaired) electrons. The Labute approximate surface area is 142 Å². The van der Waals surface area contributed by atoms with E-state index in [-0.39, 0.29) is 29.5 Å². The molecule has 0 atom stereocenters. The molecule has 0 aliphatic carbocycles. The highest BCUT2D eigenvalue weighted by Crippen LogP contribution is 2.32. The van der Waals surface area contributed by atoms with Gasteiger partial charge in [0.2, 0.25) is 11.8 Å². The lowest BCUT2D eigenvalue weighted by Crippen LogP contribution is -2.46. The van der Waals surface area contributed by atoms with Crippen molar-refractivity contribution in [3.63, 3.8) is 0 Å². The molecule has 0 saturated carbocycles. The molecule has 130 valence electrons. The second-order valence-electron chi connectivity index (χ2n) is 7.10. The summed E-state index contributed by atoms with van der Waals surface area (Å²) in [6.07, 6.45) is 3.01. The third-order valence-corrected chi connectivity index (χ3v) is 5.08. The number of fused-ring (bicyclic) bond motifs is 1. The minimum Gasteiger partial charge on any atom is -0.342 e. The van der Waals surface area contributed by atoms with Crippen LogP contribution in [0.5, 0.6) is 0 Å². The number of halogens is 1. The van der Waals surface area contributed by atoms with Crippen LogP contribution in [-0.2, 0) is 16.0 Å². The largest absolute Gasteiger partial charge is 0.342 e. The first-order valence-electron chi connectivity index (χ1n) is 8.86. The molecule has 5 heteroatoms. The van der Waals surface area contributed by atoms with Crippen LogP contribution in [0.4, 0.5) is 10.1 Å². The Bertz CT molecular complexity index is 636. The first kappa shape index (κ1) is 16.9. The summed E-state index contributed by atoms with van der Waals surface area (Å²) in [5, 5.41) is 0. The van der Waals surface area contributed by atoms with Crippen LogP contribution in [0.1, 0.15) is 38.7 Å². The number of likely N-dealkylation sites (tertiary alicyclic amines) is 1. The minimum atomic E-state index is -0.312. The molecular weight excluding hydrogens is 307 g/mol. The summed E-state index contributed by atoms with van der Waals surface area (Å²) in [6.45, 7) is 5.61. The molecule has 1 saturated heterocycles. The fourth-order valence-electron chi connectivity index (χ4n) is 3.76. The van der Waals surface area contributed by atoms with Crippen LogP contribution >= 0.6 is 0 Å². The summed E-state index contributed by atoms with van der Waals surface area (Å²) >= 11 is 0. The maximum Gasteiger partial charge on any atom is 0.230 e. The van der Waals surface area contributed by atoms with Gasteiger partial charge >= 0.3 is 0 Å². The van der Waals surface area contributed by atoms with E-state index in [0.717, 1.165) is 18.4 Å². The number of para-hydroxylation sites is 1. The molecule has 2 heterocycles. The predicted molar refractivity (Wildman–Crippen MR) is 91.2 cm³/mol. The number of hydrogen-bond donors (Lipinski definition) is 0. The van der Waals surface area contributed by atoms with Crippen molar-refractivity contribution in [1.29, 1.82) is 0 Å². The van der Waals surface area contributed by atoms with Crippen molar-refractivity contribution >= 4 is 17.5 Å². The van der Waals surface area contributed by atoms with Gasteiger partial charge in [0.05, 0.1) is 5.69 Å². The molecule has 2 aliphatic heterocycles. The molecule has 1 aromatic carbocycles. The van der Waals surface area contributed by atoms with Gasteiger partial charge < -0.3 is 9.80 Å². The number of aryl methyl sites for hydroxylation is 1. The second-order valence-corrected chi connectivity index (χ2v) is 7.10. The van der Waals surface area contributed by atoms with Crippen molar-refractivity contribution in [2.24, 2.45) is 11.8 Å². The first-order chi connectivity index (χ1) is 11.5. The van der Waals surface area contributed by atoms with E-state index >= 15 is 0 Å². The van der Waals surface area contributed by atoms with Crippen LogP contribution in [-0.4, -0.2) is 36.3 Å². The standard InChI is InChI=1S/C19H25FN2O2/c1-13(2)18(23)21-11-8-15(9-12-21)19(24)22-10-4-6-14-5-3-7-16(20)17(14)22/h3,5,7,13,15H,4,6,8-12H2,1-2H3. The second kappa shape index (κ2) is 6.91. The highest BCUT2D eigenvalue weighted by atomic mass is 19.1. The van der Waals surface area contributed by atoms with E-state index in [9.17, 15) is 14.0 Å². The lowest BCUT2D eigenvalue weighted by atomic mass is 9.92. The number of piperidine rings is 1. The molecule has 0 unspecified atom stereocenters. The number of carbonyl (C=O) groups excluding carboxylic acids is 2. The van der Waals surface area contributed by atoms with Gasteiger partial charge in [-0.2, -0.15) is 0 Å². The van der Waals surface area contributed by atoms with Crippen LogP contribution < -0.4 is 4.90 Å². The number of amides is 2. The summed E-state index contributed by atoms with van der Waals surface area (Å²) < 4.78 is 14.3. The number of hydrogen-bond acceptors (Lipinski definition) is 2. The number of carbonyl (C=O) groups is 2. The van der Waals surface area contributed by atoms with E-state index in [2.05, 4.69) is 0 Å². The Morgan fingerprint density at radius 1 is 1.17 bits per heavy atom. The fraction of sp³-hybridized carbons (Fsp3) is 0.579. The van der Waals surface area contributed by atoms with Crippen LogP contribution in [0.15, 0.2) is 18.2 Å². The Morgan fingerprint density at radius 2 is 1.88 bits per heavy atom. The Balaban J connectivity index is 1.70. The summed E-state index contributed by atoms with van der Waals surface area (Å²) in [6, 6.07) is 5.04. The van der Waals surface area contributed by atoms with Gasteiger partial charge in [0.1, 0.15) is 5.82 Å². The fourth-order valence-corrected chi connectivity index (χ4v) is 3.76. The Morgan fingerprint density at radius 3 is 2.54 bits per heavy atom. The molecule has 2 amide bonds. The van der Waals surface area contributed by atoms with Crippen LogP contribution in [0, 0.1) is 17.7 Å². The maximum absolute atomic E-state index is 14.3. The summed E-state index contributed by atoms with van der Waals surface area (Å²) in [4.78, 5) is 28.5. The molecule has 1 fully saturated rings. The monoisotopic (exact) mass is 332 g/mol. The molecule has 0 N–H and O–H groups in total. The average Bonchev–Trinajstić information content (AvgIpc) is 2.60. The summed E-state index contributed by atoms with van der Waals surface area (Å²) in [5.74, 6) is -0.284. The van der Waals surface area contributed by atoms with Crippen molar-refractivity contribution in [3.8, 4) is 0 Å². The number of benzene rings is 1.